The summed E-state index contributed by atoms with van der Waals surface area (Å²) >= 11 is 3.69. The van der Waals surface area contributed by atoms with Crippen LogP contribution in [0.2, 0.25) is 0 Å². The molecule has 3 heterocycles. The molecule has 2 aliphatic rings. The molecule has 1 amide bonds. The van der Waals surface area contributed by atoms with E-state index in [1.165, 1.54) is 16.7 Å². The Morgan fingerprint density at radius 3 is 2.46 bits per heavy atom. The van der Waals surface area contributed by atoms with Crippen molar-refractivity contribution in [2.24, 2.45) is 0 Å². The summed E-state index contributed by atoms with van der Waals surface area (Å²) in [5.41, 5.74) is 6.06. The fourth-order valence-corrected chi connectivity index (χ4v) is 5.80. The number of aryl methyl sites for hydroxylation is 1. The molecule has 0 atom stereocenters. The molecule has 5 heteroatoms. The summed E-state index contributed by atoms with van der Waals surface area (Å²) in [4.78, 5) is 21.9. The molecular weight excluding hydrogens is 570 g/mol. The van der Waals surface area contributed by atoms with Gasteiger partial charge in [0.15, 0.2) is 0 Å². The number of benzene rings is 1. The van der Waals surface area contributed by atoms with Gasteiger partial charge >= 0.3 is 0 Å². The second kappa shape index (κ2) is 17.7. The molecule has 0 saturated carbocycles. The van der Waals surface area contributed by atoms with E-state index in [0.717, 1.165) is 54.8 Å². The van der Waals surface area contributed by atoms with Gasteiger partial charge in [-0.2, -0.15) is 0 Å². The van der Waals surface area contributed by atoms with Crippen molar-refractivity contribution in [2.45, 2.75) is 72.3 Å². The van der Waals surface area contributed by atoms with Gasteiger partial charge in [0.2, 0.25) is 5.91 Å². The van der Waals surface area contributed by atoms with Gasteiger partial charge in [-0.15, -0.1) is 6.58 Å². The highest BCUT2D eigenvalue weighted by atomic mass is 79.9. The standard InChI is InChI=1S/C23H26BrN3O.C11H16.C2H6/c1-3-12-27-21(28)15-23(18-7-4-8-19(24)22(18)27)9-13-26(14-10-23)16-20-17(2)6-5-11-25-20;1-4-6-7-8-9-10-11(3)5-2;1-2/h3-8,11H,1,9-10,12-16H2,2H3;4-9H,1,10H2,2-3H3;1-2H3/b;7-6-,9-8-,11-5+;. The van der Waals surface area contributed by atoms with Crippen LogP contribution >= 0.6 is 15.9 Å². The number of halogens is 1. The van der Waals surface area contributed by atoms with E-state index in [1.54, 1.807) is 12.2 Å². The minimum absolute atomic E-state index is 0.0659. The van der Waals surface area contributed by atoms with Gasteiger partial charge in [-0.1, -0.05) is 86.7 Å². The topological polar surface area (TPSA) is 36.4 Å². The van der Waals surface area contributed by atoms with Gasteiger partial charge in [-0.3, -0.25) is 14.7 Å². The maximum Gasteiger partial charge on any atom is 0.228 e. The first-order valence-corrected chi connectivity index (χ1v) is 15.5. The van der Waals surface area contributed by atoms with Crippen LogP contribution in [0.4, 0.5) is 5.69 Å². The van der Waals surface area contributed by atoms with Crippen molar-refractivity contribution in [2.75, 3.05) is 24.5 Å². The number of allylic oxidation sites excluding steroid dienone is 7. The Balaban J connectivity index is 0.000000384. The van der Waals surface area contributed by atoms with E-state index >= 15 is 0 Å². The number of piperidine rings is 1. The molecular formula is C36H48BrN3O. The Hall–Kier alpha value is -3.02. The Bertz CT molecular complexity index is 1240. The smallest absolute Gasteiger partial charge is 0.228 e. The molecule has 1 aromatic carbocycles. The highest BCUT2D eigenvalue weighted by Crippen LogP contribution is 2.49. The lowest BCUT2D eigenvalue weighted by Crippen LogP contribution is -2.50. The number of pyridine rings is 1. The number of carbonyl (C=O) groups is 1. The van der Waals surface area contributed by atoms with E-state index in [-0.39, 0.29) is 11.3 Å². The summed E-state index contributed by atoms with van der Waals surface area (Å²) in [5.74, 6) is 0.202. The number of hydrogen-bond donors (Lipinski definition) is 0. The van der Waals surface area contributed by atoms with Crippen molar-refractivity contribution in [3.8, 4) is 0 Å². The van der Waals surface area contributed by atoms with Crippen molar-refractivity contribution in [3.05, 3.63) is 119 Å². The molecule has 0 aliphatic carbocycles. The Morgan fingerprint density at radius 1 is 1.10 bits per heavy atom. The van der Waals surface area contributed by atoms with Crippen LogP contribution in [0.15, 0.2) is 102 Å². The molecule has 1 fully saturated rings. The monoisotopic (exact) mass is 617 g/mol. The third-order valence-electron chi connectivity index (χ3n) is 7.66. The van der Waals surface area contributed by atoms with E-state index in [1.807, 2.05) is 55.3 Å². The quantitative estimate of drug-likeness (QED) is 0.219. The number of hydrogen-bond acceptors (Lipinski definition) is 3. The van der Waals surface area contributed by atoms with Crippen molar-refractivity contribution < 1.29 is 4.79 Å². The number of aromatic nitrogens is 1. The largest absolute Gasteiger partial charge is 0.307 e. The van der Waals surface area contributed by atoms with Crippen LogP contribution in [-0.4, -0.2) is 35.4 Å². The maximum atomic E-state index is 13.0. The third-order valence-corrected chi connectivity index (χ3v) is 8.30. The molecule has 0 N–H and O–H groups in total. The molecule has 1 aromatic heterocycles. The first-order valence-electron chi connectivity index (χ1n) is 14.7. The van der Waals surface area contributed by atoms with Gasteiger partial charge in [-0.25, -0.2) is 0 Å². The van der Waals surface area contributed by atoms with E-state index in [9.17, 15) is 4.79 Å². The second-order valence-corrected chi connectivity index (χ2v) is 11.2. The molecule has 4 rings (SSSR count). The average molecular weight is 619 g/mol. The van der Waals surface area contributed by atoms with Crippen LogP contribution < -0.4 is 4.90 Å². The fourth-order valence-electron chi connectivity index (χ4n) is 5.22. The normalized spacial score (nSPS) is 16.6. The van der Waals surface area contributed by atoms with Crippen molar-refractivity contribution in [1.82, 2.24) is 9.88 Å². The fraction of sp³-hybridized carbons (Fsp3) is 0.389. The highest BCUT2D eigenvalue weighted by molar-refractivity contribution is 9.10. The number of amides is 1. The molecule has 4 nitrogen and oxygen atoms in total. The number of likely N-dealkylation sites (tertiary alicyclic amines) is 1. The molecule has 41 heavy (non-hydrogen) atoms. The second-order valence-electron chi connectivity index (χ2n) is 10.3. The average Bonchev–Trinajstić information content (AvgIpc) is 2.99. The zero-order chi connectivity index (χ0) is 30.3. The minimum Gasteiger partial charge on any atom is -0.307 e. The van der Waals surface area contributed by atoms with Crippen molar-refractivity contribution in [3.63, 3.8) is 0 Å². The first kappa shape index (κ1) is 34.2. The maximum absolute atomic E-state index is 13.0. The van der Waals surface area contributed by atoms with E-state index in [2.05, 4.69) is 90.1 Å². The van der Waals surface area contributed by atoms with E-state index < -0.39 is 0 Å². The predicted molar refractivity (Wildman–Crippen MR) is 180 cm³/mol. The van der Waals surface area contributed by atoms with Crippen LogP contribution in [0.3, 0.4) is 0 Å². The van der Waals surface area contributed by atoms with E-state index in [0.29, 0.717) is 13.0 Å². The van der Waals surface area contributed by atoms with E-state index in [4.69, 9.17) is 0 Å². The summed E-state index contributed by atoms with van der Waals surface area (Å²) in [6.07, 6.45) is 19.3. The lowest BCUT2D eigenvalue weighted by Gasteiger charge is -2.47. The summed E-state index contributed by atoms with van der Waals surface area (Å²) in [7, 11) is 0. The SMILES string of the molecule is C=C/C=C\C=C/C/C(C)=C/C.C=CCN1C(=O)CC2(CCN(Cc3ncccc3C)CC2)c2cccc(Br)c21.CC. The van der Waals surface area contributed by atoms with Crippen molar-refractivity contribution >= 4 is 27.5 Å². The molecule has 1 saturated heterocycles. The van der Waals surface area contributed by atoms with Gasteiger partial charge in [0.05, 0.1) is 11.4 Å². The van der Waals surface area contributed by atoms with Crippen LogP contribution in [-0.2, 0) is 16.8 Å². The Morgan fingerprint density at radius 2 is 1.83 bits per heavy atom. The van der Waals surface area contributed by atoms with Crippen molar-refractivity contribution in [1.29, 1.82) is 0 Å². The number of anilines is 1. The first-order chi connectivity index (χ1) is 19.8. The number of rotatable bonds is 8. The summed E-state index contributed by atoms with van der Waals surface area (Å²) in [6, 6.07) is 10.4. The van der Waals surface area contributed by atoms with Gasteiger partial charge in [0.1, 0.15) is 0 Å². The summed E-state index contributed by atoms with van der Waals surface area (Å²) in [6.45, 7) is 21.1. The van der Waals surface area contributed by atoms with Gasteiger partial charge in [-0.05, 0) is 92.3 Å². The lowest BCUT2D eigenvalue weighted by molar-refractivity contribution is -0.120. The lowest BCUT2D eigenvalue weighted by atomic mass is 9.67. The van der Waals surface area contributed by atoms with Crippen LogP contribution in [0, 0.1) is 6.92 Å². The molecule has 0 radical (unpaired) electrons. The number of para-hydroxylation sites is 1. The van der Waals surface area contributed by atoms with Gasteiger partial charge in [0.25, 0.3) is 0 Å². The van der Waals surface area contributed by atoms with Crippen LogP contribution in [0.5, 0.6) is 0 Å². The molecule has 1 spiro atoms. The van der Waals surface area contributed by atoms with Crippen LogP contribution in [0.1, 0.15) is 70.2 Å². The molecule has 220 valence electrons. The molecule has 0 unspecified atom stereocenters. The predicted octanol–water partition coefficient (Wildman–Crippen LogP) is 9.28. The van der Waals surface area contributed by atoms with Gasteiger partial charge < -0.3 is 4.90 Å². The number of nitrogens with zero attached hydrogens (tertiary/aromatic N) is 3. The summed E-state index contributed by atoms with van der Waals surface area (Å²) < 4.78 is 0.991. The highest BCUT2D eigenvalue weighted by Gasteiger charge is 2.45. The number of carbonyl (C=O) groups excluding carboxylic acids is 1. The van der Waals surface area contributed by atoms with Crippen LogP contribution in [0.25, 0.3) is 0 Å². The zero-order valence-corrected chi connectivity index (χ0v) is 27.3. The van der Waals surface area contributed by atoms with Gasteiger partial charge in [0, 0.05) is 35.6 Å². The minimum atomic E-state index is -0.0659. The Kier molecular flexibility index (Phi) is 14.8. The third kappa shape index (κ3) is 9.51. The molecule has 0 bridgehead atoms. The summed E-state index contributed by atoms with van der Waals surface area (Å²) in [5, 5.41) is 0. The number of fused-ring (bicyclic) bond motifs is 2. The zero-order valence-electron chi connectivity index (χ0n) is 25.7. The Labute approximate surface area is 257 Å². The molecule has 2 aromatic rings. The molecule has 2 aliphatic heterocycles.